The van der Waals surface area contributed by atoms with Gasteiger partial charge >= 0.3 is 0 Å². The molecule has 1 heterocycles. The third-order valence-electron chi connectivity index (χ3n) is 2.28. The van der Waals surface area contributed by atoms with Crippen LogP contribution in [0.5, 0.6) is 0 Å². The molecule has 94 valence electrons. The molecule has 17 heavy (non-hydrogen) atoms. The zero-order valence-electron chi connectivity index (χ0n) is 10.8. The van der Waals surface area contributed by atoms with Gasteiger partial charge in [-0.05, 0) is 10.4 Å². The number of nitriles is 1. The first-order valence-electron chi connectivity index (χ1n) is 5.44. The van der Waals surface area contributed by atoms with Crippen LogP contribution in [0.4, 0.5) is 0 Å². The lowest BCUT2D eigenvalue weighted by Gasteiger charge is -2.27. The predicted octanol–water partition coefficient (Wildman–Crippen LogP) is -0.0195. The molecule has 0 saturated carbocycles. The fourth-order valence-corrected chi connectivity index (χ4v) is 1.52. The maximum atomic E-state index is 8.57. The zero-order chi connectivity index (χ0) is 12.9. The fraction of sp³-hybridized carbons (Fsp3) is 0.800. The van der Waals surface area contributed by atoms with Crippen molar-refractivity contribution in [2.24, 2.45) is 0 Å². The Bertz CT molecular complexity index is 388. The molecule has 0 bridgehead atoms. The molecule has 7 heteroatoms. The van der Waals surface area contributed by atoms with Gasteiger partial charge in [0.05, 0.1) is 40.2 Å². The fourth-order valence-electron chi connectivity index (χ4n) is 1.52. The van der Waals surface area contributed by atoms with Gasteiger partial charge in [-0.25, -0.2) is 4.68 Å². The maximum absolute atomic E-state index is 8.57. The second-order valence-electron chi connectivity index (χ2n) is 4.87. The molecule has 0 aliphatic carbocycles. The van der Waals surface area contributed by atoms with Crippen molar-refractivity contribution in [3.05, 3.63) is 5.82 Å². The Kier molecular flexibility index (Phi) is 4.54. The van der Waals surface area contributed by atoms with E-state index in [1.165, 1.54) is 0 Å². The smallest absolute Gasteiger partial charge is 0.186 e. The first-order valence-corrected chi connectivity index (χ1v) is 5.44. The lowest BCUT2D eigenvalue weighted by molar-refractivity contribution is -0.874. The second-order valence-corrected chi connectivity index (χ2v) is 4.87. The number of rotatable bonds is 6. The number of hydrogen-bond acceptors (Lipinski definition) is 5. The van der Waals surface area contributed by atoms with Crippen LogP contribution in [0.3, 0.4) is 0 Å². The average Bonchev–Trinajstić information content (AvgIpc) is 2.69. The van der Waals surface area contributed by atoms with Gasteiger partial charge in [0, 0.05) is 7.11 Å². The molecule has 1 aromatic rings. The van der Waals surface area contributed by atoms with Crippen LogP contribution in [-0.2, 0) is 11.3 Å². The van der Waals surface area contributed by atoms with Crippen LogP contribution in [-0.4, -0.2) is 59.5 Å². The van der Waals surface area contributed by atoms with Gasteiger partial charge in [-0.15, -0.1) is 5.10 Å². The van der Waals surface area contributed by atoms with Crippen LogP contribution < -0.4 is 0 Å². The summed E-state index contributed by atoms with van der Waals surface area (Å²) < 4.78 is 7.82. The van der Waals surface area contributed by atoms with E-state index < -0.39 is 0 Å². The SMILES string of the molecule is COC(C[N+](C)(C)C)c1nnnn1CCC#N. The van der Waals surface area contributed by atoms with E-state index in [-0.39, 0.29) is 6.10 Å². The number of methoxy groups -OCH3 is 1. The number of quaternary nitrogens is 1. The number of aryl methyl sites for hydroxylation is 1. The molecule has 1 aromatic heterocycles. The van der Waals surface area contributed by atoms with Crippen LogP contribution in [0.15, 0.2) is 0 Å². The standard InChI is InChI=1S/C10H19N6O/c1-16(2,3)8-9(17-4)10-12-13-14-15(10)7-5-6-11/h9H,5,7-8H2,1-4H3/q+1. The number of likely N-dealkylation sites (N-methyl/N-ethyl adjacent to an activating group) is 1. The molecule has 1 unspecified atom stereocenters. The van der Waals surface area contributed by atoms with E-state index >= 15 is 0 Å². The molecule has 1 atom stereocenters. The minimum Gasteiger partial charge on any atom is -0.367 e. The Labute approximate surface area is 101 Å². The Balaban J connectivity index is 2.81. The largest absolute Gasteiger partial charge is 0.367 e. The molecule has 0 N–H and O–H groups in total. The third-order valence-corrected chi connectivity index (χ3v) is 2.28. The summed E-state index contributed by atoms with van der Waals surface area (Å²) in [7, 11) is 7.88. The first-order chi connectivity index (χ1) is 7.98. The first kappa shape index (κ1) is 13.5. The van der Waals surface area contributed by atoms with Gasteiger partial charge in [-0.1, -0.05) is 0 Å². The highest BCUT2D eigenvalue weighted by Crippen LogP contribution is 2.16. The van der Waals surface area contributed by atoms with Gasteiger partial charge in [-0.3, -0.25) is 0 Å². The van der Waals surface area contributed by atoms with E-state index in [1.54, 1.807) is 11.8 Å². The molecule has 0 radical (unpaired) electrons. The lowest BCUT2D eigenvalue weighted by atomic mass is 10.3. The van der Waals surface area contributed by atoms with E-state index in [2.05, 4.69) is 42.7 Å². The minimum absolute atomic E-state index is 0.163. The summed E-state index contributed by atoms with van der Waals surface area (Å²) in [6.07, 6.45) is 0.224. The summed E-state index contributed by atoms with van der Waals surface area (Å²) in [5.74, 6) is 0.677. The zero-order valence-corrected chi connectivity index (χ0v) is 10.8. The topological polar surface area (TPSA) is 76.6 Å². The number of ether oxygens (including phenoxy) is 1. The summed E-state index contributed by atoms with van der Waals surface area (Å²) >= 11 is 0. The van der Waals surface area contributed by atoms with Crippen molar-refractivity contribution < 1.29 is 9.22 Å². The van der Waals surface area contributed by atoms with Crippen molar-refractivity contribution in [2.45, 2.75) is 19.1 Å². The van der Waals surface area contributed by atoms with Crippen LogP contribution >= 0.6 is 0 Å². The van der Waals surface area contributed by atoms with Crippen molar-refractivity contribution in [1.29, 1.82) is 5.26 Å². The molecule has 0 aliphatic rings. The highest BCUT2D eigenvalue weighted by Gasteiger charge is 2.25. The van der Waals surface area contributed by atoms with Crippen LogP contribution in [0.2, 0.25) is 0 Å². The van der Waals surface area contributed by atoms with Gasteiger partial charge in [-0.2, -0.15) is 5.26 Å². The summed E-state index contributed by atoms with van der Waals surface area (Å²) in [5, 5.41) is 20.1. The molecule has 0 aromatic carbocycles. The number of tetrazole rings is 1. The van der Waals surface area contributed by atoms with Crippen LogP contribution in [0, 0.1) is 11.3 Å². The van der Waals surface area contributed by atoms with Crippen molar-refractivity contribution in [3.8, 4) is 6.07 Å². The summed E-state index contributed by atoms with van der Waals surface area (Å²) in [4.78, 5) is 0. The lowest BCUT2D eigenvalue weighted by Crippen LogP contribution is -2.39. The van der Waals surface area contributed by atoms with Gasteiger partial charge in [0.15, 0.2) is 11.9 Å². The summed E-state index contributed by atoms with van der Waals surface area (Å²) in [6, 6.07) is 2.08. The molecule has 0 saturated heterocycles. The Morgan fingerprint density at radius 2 is 2.18 bits per heavy atom. The molecule has 0 spiro atoms. The Morgan fingerprint density at radius 3 is 2.71 bits per heavy atom. The summed E-state index contributed by atoms with van der Waals surface area (Å²) in [5.41, 5.74) is 0. The van der Waals surface area contributed by atoms with E-state index in [1.807, 2.05) is 0 Å². The molecular formula is C10H19N6O+. The van der Waals surface area contributed by atoms with Crippen LogP contribution in [0.25, 0.3) is 0 Å². The highest BCUT2D eigenvalue weighted by molar-refractivity contribution is 4.89. The number of aromatic nitrogens is 4. The van der Waals surface area contributed by atoms with E-state index in [0.717, 1.165) is 11.0 Å². The van der Waals surface area contributed by atoms with E-state index in [9.17, 15) is 0 Å². The van der Waals surface area contributed by atoms with E-state index in [4.69, 9.17) is 10.00 Å². The van der Waals surface area contributed by atoms with Crippen molar-refractivity contribution in [3.63, 3.8) is 0 Å². The molecule has 0 aliphatic heterocycles. The Morgan fingerprint density at radius 1 is 1.47 bits per heavy atom. The molecule has 0 amide bonds. The Hall–Kier alpha value is -1.52. The van der Waals surface area contributed by atoms with Crippen molar-refractivity contribution >= 4 is 0 Å². The minimum atomic E-state index is -0.163. The van der Waals surface area contributed by atoms with Crippen LogP contribution in [0.1, 0.15) is 18.3 Å². The second kappa shape index (κ2) is 5.70. The van der Waals surface area contributed by atoms with Gasteiger partial charge in [0.2, 0.25) is 0 Å². The van der Waals surface area contributed by atoms with Gasteiger partial charge in [0.25, 0.3) is 0 Å². The highest BCUT2D eigenvalue weighted by atomic mass is 16.5. The third kappa shape index (κ3) is 4.09. The molecule has 0 fully saturated rings. The molecular weight excluding hydrogens is 220 g/mol. The van der Waals surface area contributed by atoms with Gasteiger partial charge < -0.3 is 9.22 Å². The number of nitrogens with zero attached hydrogens (tertiary/aromatic N) is 6. The van der Waals surface area contributed by atoms with Gasteiger partial charge in [0.1, 0.15) is 6.54 Å². The van der Waals surface area contributed by atoms with Crippen molar-refractivity contribution in [2.75, 3.05) is 34.8 Å². The number of hydrogen-bond donors (Lipinski definition) is 0. The predicted molar refractivity (Wildman–Crippen MR) is 60.7 cm³/mol. The maximum Gasteiger partial charge on any atom is 0.186 e. The normalized spacial score (nSPS) is 13.4. The summed E-state index contributed by atoms with van der Waals surface area (Å²) in [6.45, 7) is 1.26. The van der Waals surface area contributed by atoms with Crippen molar-refractivity contribution in [1.82, 2.24) is 20.2 Å². The quantitative estimate of drug-likeness (QED) is 0.652. The molecule has 7 nitrogen and oxygen atoms in total. The monoisotopic (exact) mass is 239 g/mol. The average molecular weight is 239 g/mol. The van der Waals surface area contributed by atoms with E-state index in [0.29, 0.717) is 18.8 Å². The molecule has 1 rings (SSSR count).